The van der Waals surface area contributed by atoms with Crippen molar-refractivity contribution in [1.82, 2.24) is 30.2 Å². The molecule has 246 valence electrons. The summed E-state index contributed by atoms with van der Waals surface area (Å²) in [7, 11) is 0. The molecule has 1 aliphatic carbocycles. The molecule has 1 saturated carbocycles. The van der Waals surface area contributed by atoms with Crippen LogP contribution in [-0.4, -0.2) is 60.8 Å². The quantitative estimate of drug-likeness (QED) is 0.198. The molecule has 0 radical (unpaired) electrons. The third-order valence-corrected chi connectivity index (χ3v) is 8.41. The number of rotatable bonds is 4. The van der Waals surface area contributed by atoms with Crippen LogP contribution in [-0.2, 0) is 9.47 Å². The van der Waals surface area contributed by atoms with Gasteiger partial charge < -0.3 is 24.8 Å². The molecule has 10 heteroatoms. The predicted octanol–water partition coefficient (Wildman–Crippen LogP) is 7.59. The van der Waals surface area contributed by atoms with E-state index >= 15 is 0 Å². The molecule has 10 nitrogen and oxygen atoms in total. The summed E-state index contributed by atoms with van der Waals surface area (Å²) in [6.07, 6.45) is 5.79. The topological polar surface area (TPSA) is 125 Å². The lowest BCUT2D eigenvalue weighted by Crippen LogP contribution is -2.40. The zero-order valence-electron chi connectivity index (χ0n) is 28.1. The molecule has 3 N–H and O–H groups in total. The fourth-order valence-corrected chi connectivity index (χ4v) is 6.32. The van der Waals surface area contributed by atoms with Crippen LogP contribution in [0.15, 0.2) is 48.7 Å². The highest BCUT2D eigenvalue weighted by molar-refractivity contribution is 5.77. The molecule has 6 rings (SSSR count). The minimum Gasteiger partial charge on any atom is -0.444 e. The number of imidazole rings is 2. The summed E-state index contributed by atoms with van der Waals surface area (Å²) in [6, 6.07) is 13.9. The first kappa shape index (κ1) is 32.2. The van der Waals surface area contributed by atoms with Gasteiger partial charge in [0.05, 0.1) is 29.0 Å². The molecule has 47 heavy (non-hydrogen) atoms. The molecule has 1 saturated heterocycles. The van der Waals surface area contributed by atoms with Crippen LogP contribution >= 0.6 is 0 Å². The van der Waals surface area contributed by atoms with Crippen LogP contribution in [0.25, 0.3) is 22.3 Å². The van der Waals surface area contributed by atoms with E-state index in [1.807, 2.05) is 90.2 Å². The first-order valence-electron chi connectivity index (χ1n) is 16.5. The Labute approximate surface area is 276 Å². The van der Waals surface area contributed by atoms with Gasteiger partial charge in [-0.3, -0.25) is 4.90 Å². The van der Waals surface area contributed by atoms with E-state index in [-0.39, 0.29) is 30.2 Å². The molecular weight excluding hydrogens is 592 g/mol. The number of H-pyrrole nitrogens is 2. The van der Waals surface area contributed by atoms with Gasteiger partial charge in [-0.15, -0.1) is 0 Å². The van der Waals surface area contributed by atoms with Crippen LogP contribution in [0.1, 0.15) is 108 Å². The Morgan fingerprint density at radius 1 is 0.872 bits per heavy atom. The number of nitrogens with zero attached hydrogens (tertiary/aromatic N) is 3. The second-order valence-electron chi connectivity index (χ2n) is 14.5. The lowest BCUT2D eigenvalue weighted by Gasteiger charge is -2.27. The lowest BCUT2D eigenvalue weighted by molar-refractivity contribution is 0.0218. The van der Waals surface area contributed by atoms with E-state index in [0.717, 1.165) is 77.2 Å². The molecule has 0 unspecified atom stereocenters. The van der Waals surface area contributed by atoms with E-state index in [1.165, 1.54) is 0 Å². The Bertz CT molecular complexity index is 1820. The van der Waals surface area contributed by atoms with Crippen LogP contribution in [0.4, 0.5) is 9.59 Å². The molecule has 2 aromatic carbocycles. The highest BCUT2D eigenvalue weighted by Crippen LogP contribution is 2.35. The first-order chi connectivity index (χ1) is 22.3. The first-order valence-corrected chi connectivity index (χ1v) is 16.5. The second kappa shape index (κ2) is 12.8. The monoisotopic (exact) mass is 636 g/mol. The van der Waals surface area contributed by atoms with Gasteiger partial charge >= 0.3 is 12.2 Å². The smallest absolute Gasteiger partial charge is 0.410 e. The van der Waals surface area contributed by atoms with Crippen molar-refractivity contribution in [2.75, 3.05) is 6.54 Å². The summed E-state index contributed by atoms with van der Waals surface area (Å²) < 4.78 is 11.1. The van der Waals surface area contributed by atoms with Gasteiger partial charge in [0.15, 0.2) is 0 Å². The molecule has 2 aromatic heterocycles. The summed E-state index contributed by atoms with van der Waals surface area (Å²) in [5, 5.41) is 3.04. The Balaban J connectivity index is 1.11. The number of hydrogen-bond donors (Lipinski definition) is 3. The standard InChI is InChI=1S/C37H44N6O4/c1-36(2,3)46-34(44)42-27-10-7-9-26(27)32-38-22-30(41-32)25-17-14-23(15-18-25)12-13-24-16-19-28-29(21-24)40-33(39-28)31-11-8-20-43(31)35(45)47-37(4,5)6/h14-19,21-22,26-27,31H,7-11,20H2,1-6H3,(H,38,41)(H,39,40)(H,42,44)/t26-,27-,31+/m1/s1. The highest BCUT2D eigenvalue weighted by Gasteiger charge is 2.35. The van der Waals surface area contributed by atoms with Crippen LogP contribution < -0.4 is 5.32 Å². The number of aromatic nitrogens is 4. The fraction of sp³-hybridized carbons (Fsp3) is 0.459. The molecule has 3 atom stereocenters. The number of benzene rings is 2. The van der Waals surface area contributed by atoms with Crippen molar-refractivity contribution in [1.29, 1.82) is 0 Å². The van der Waals surface area contributed by atoms with Gasteiger partial charge in [-0.1, -0.05) is 30.4 Å². The molecular formula is C37H44N6O4. The predicted molar refractivity (Wildman–Crippen MR) is 181 cm³/mol. The number of alkyl carbamates (subject to hydrolysis) is 1. The van der Waals surface area contributed by atoms with Crippen molar-refractivity contribution in [3.63, 3.8) is 0 Å². The number of aromatic amines is 2. The van der Waals surface area contributed by atoms with Gasteiger partial charge in [-0.05, 0) is 103 Å². The van der Waals surface area contributed by atoms with Gasteiger partial charge in [0.2, 0.25) is 0 Å². The summed E-state index contributed by atoms with van der Waals surface area (Å²) in [6.45, 7) is 11.9. The van der Waals surface area contributed by atoms with E-state index in [1.54, 1.807) is 4.90 Å². The number of likely N-dealkylation sites (tertiary alicyclic amines) is 1. The number of fused-ring (bicyclic) bond motifs is 1. The van der Waals surface area contributed by atoms with E-state index < -0.39 is 11.2 Å². The van der Waals surface area contributed by atoms with Crippen LogP contribution in [0.2, 0.25) is 0 Å². The molecule has 0 spiro atoms. The molecule has 0 bridgehead atoms. The van der Waals surface area contributed by atoms with Crippen LogP contribution in [0.3, 0.4) is 0 Å². The highest BCUT2D eigenvalue weighted by atomic mass is 16.6. The Morgan fingerprint density at radius 2 is 1.60 bits per heavy atom. The molecule has 4 aromatic rings. The van der Waals surface area contributed by atoms with Gasteiger partial charge in [0, 0.05) is 29.6 Å². The number of carbonyl (C=O) groups is 2. The average molecular weight is 637 g/mol. The largest absolute Gasteiger partial charge is 0.444 e. The van der Waals surface area contributed by atoms with Crippen molar-refractivity contribution in [2.45, 2.75) is 103 Å². The molecule has 3 heterocycles. The van der Waals surface area contributed by atoms with Crippen molar-refractivity contribution in [3.05, 3.63) is 71.4 Å². The van der Waals surface area contributed by atoms with E-state index in [4.69, 9.17) is 14.5 Å². The Hall–Kier alpha value is -4.78. The molecule has 1 aliphatic heterocycles. The van der Waals surface area contributed by atoms with E-state index in [9.17, 15) is 9.59 Å². The van der Waals surface area contributed by atoms with Crippen molar-refractivity contribution in [2.24, 2.45) is 0 Å². The summed E-state index contributed by atoms with van der Waals surface area (Å²) in [4.78, 5) is 43.3. The van der Waals surface area contributed by atoms with E-state index in [2.05, 4.69) is 32.1 Å². The number of carbonyl (C=O) groups excluding carboxylic acids is 2. The Kier molecular flexibility index (Phi) is 8.75. The normalized spacial score (nSPS) is 19.8. The minimum absolute atomic E-state index is 0.0105. The van der Waals surface area contributed by atoms with Gasteiger partial charge in [0.1, 0.15) is 22.9 Å². The number of amides is 2. The maximum Gasteiger partial charge on any atom is 0.410 e. The third kappa shape index (κ3) is 7.79. The molecule has 2 amide bonds. The Morgan fingerprint density at radius 3 is 2.34 bits per heavy atom. The number of nitrogens with one attached hydrogen (secondary N) is 3. The van der Waals surface area contributed by atoms with Crippen molar-refractivity contribution < 1.29 is 19.1 Å². The molecule has 2 aliphatic rings. The maximum absolute atomic E-state index is 12.8. The van der Waals surface area contributed by atoms with E-state index in [0.29, 0.717) is 6.54 Å². The number of ether oxygens (including phenoxy) is 2. The van der Waals surface area contributed by atoms with Crippen LogP contribution in [0, 0.1) is 11.8 Å². The third-order valence-electron chi connectivity index (χ3n) is 8.41. The second-order valence-corrected chi connectivity index (χ2v) is 14.5. The molecule has 2 fully saturated rings. The van der Waals surface area contributed by atoms with Gasteiger partial charge in [-0.2, -0.15) is 0 Å². The zero-order chi connectivity index (χ0) is 33.3. The van der Waals surface area contributed by atoms with Crippen molar-refractivity contribution >= 4 is 23.2 Å². The van der Waals surface area contributed by atoms with Gasteiger partial charge in [-0.25, -0.2) is 19.6 Å². The van der Waals surface area contributed by atoms with Gasteiger partial charge in [0.25, 0.3) is 0 Å². The summed E-state index contributed by atoms with van der Waals surface area (Å²) in [5.41, 5.74) is 4.36. The lowest BCUT2D eigenvalue weighted by atomic mass is 10.0. The average Bonchev–Trinajstić information content (AvgIpc) is 3.80. The maximum atomic E-state index is 12.8. The summed E-state index contributed by atoms with van der Waals surface area (Å²) >= 11 is 0. The number of hydrogen-bond acceptors (Lipinski definition) is 6. The SMILES string of the molecule is CC(C)(C)OC(=O)N[C@@H]1CCC[C@H]1c1ncc(-c2ccc(C#Cc3ccc4nc([C@@H]5CCCN5C(=O)OC(C)(C)C)[nH]c4c3)cc2)[nH]1. The minimum atomic E-state index is -0.544. The zero-order valence-corrected chi connectivity index (χ0v) is 28.1. The fourth-order valence-electron chi connectivity index (χ4n) is 6.32. The van der Waals surface area contributed by atoms with Crippen LogP contribution in [0.5, 0.6) is 0 Å². The summed E-state index contributed by atoms with van der Waals surface area (Å²) in [5.74, 6) is 8.31. The van der Waals surface area contributed by atoms with Crippen molar-refractivity contribution in [3.8, 4) is 23.1 Å².